The minimum Gasteiger partial charge on any atom is -0.460 e. The zero-order valence-corrected chi connectivity index (χ0v) is 39.6. The highest BCUT2D eigenvalue weighted by molar-refractivity contribution is 7.99. The first-order chi connectivity index (χ1) is 27.8. The topological polar surface area (TPSA) is 229 Å². The maximum atomic E-state index is 11.5. The molecule has 0 atom stereocenters. The van der Waals surface area contributed by atoms with Gasteiger partial charge in [-0.15, -0.1) is 52.6 Å². The third kappa shape index (κ3) is 25.4. The van der Waals surface area contributed by atoms with Gasteiger partial charge < -0.3 is 23.8 Å². The van der Waals surface area contributed by atoms with Gasteiger partial charge in [-0.2, -0.15) is 0 Å². The molecule has 0 saturated heterocycles. The monoisotopic (exact) mass is 917 g/mol. The van der Waals surface area contributed by atoms with Crippen LogP contribution in [-0.2, 0) is 23.7 Å². The number of ether oxygens (including phenoxy) is 4. The van der Waals surface area contributed by atoms with E-state index in [9.17, 15) is 24.0 Å². The number of aromatic nitrogens is 8. The van der Waals surface area contributed by atoms with Crippen molar-refractivity contribution in [1.82, 2.24) is 45.7 Å². The summed E-state index contributed by atoms with van der Waals surface area (Å²) in [5.41, 5.74) is -0.0185. The Labute approximate surface area is 365 Å². The number of carbonyl (C=O) groups excluding carboxylic acids is 5. The van der Waals surface area contributed by atoms with Crippen LogP contribution < -0.4 is 0 Å². The van der Waals surface area contributed by atoms with Crippen molar-refractivity contribution in [2.24, 2.45) is 5.41 Å². The van der Waals surface area contributed by atoms with E-state index in [-0.39, 0.29) is 34.8 Å². The van der Waals surface area contributed by atoms with Crippen LogP contribution in [0.25, 0.3) is 0 Å². The van der Waals surface area contributed by atoms with Crippen molar-refractivity contribution in [1.29, 1.82) is 0 Å². The van der Waals surface area contributed by atoms with Crippen molar-refractivity contribution in [2.45, 2.75) is 101 Å². The van der Waals surface area contributed by atoms with Gasteiger partial charge in [0.15, 0.2) is 0 Å². The van der Waals surface area contributed by atoms with E-state index in [0.29, 0.717) is 45.6 Å². The first-order valence-corrected chi connectivity index (χ1v) is 23.0. The summed E-state index contributed by atoms with van der Waals surface area (Å²) in [6.07, 6.45) is 5.27. The summed E-state index contributed by atoms with van der Waals surface area (Å²) in [7, 11) is 4.15. The van der Waals surface area contributed by atoms with Crippen LogP contribution in [0.4, 0.5) is 0 Å². The van der Waals surface area contributed by atoms with Crippen molar-refractivity contribution in [2.75, 3.05) is 45.5 Å². The van der Waals surface area contributed by atoms with Gasteiger partial charge in [0.1, 0.15) is 26.0 Å². The molecule has 4 aromatic heterocycles. The Kier molecular flexibility index (Phi) is 26.4. The number of hydrogen-bond acceptors (Lipinski definition) is 23. The highest BCUT2D eigenvalue weighted by Gasteiger charge is 2.18. The van der Waals surface area contributed by atoms with Crippen LogP contribution in [0.3, 0.4) is 0 Å². The van der Waals surface area contributed by atoms with E-state index in [1.54, 1.807) is 32.5 Å². The van der Waals surface area contributed by atoms with Crippen LogP contribution in [0.15, 0.2) is 0 Å². The highest BCUT2D eigenvalue weighted by atomic mass is 32.2. The largest absolute Gasteiger partial charge is 0.460 e. The second kappa shape index (κ2) is 29.3. The van der Waals surface area contributed by atoms with Crippen LogP contribution in [0.5, 0.6) is 0 Å². The summed E-state index contributed by atoms with van der Waals surface area (Å²) in [4.78, 5) is 58.4. The molecule has 18 nitrogen and oxygen atoms in total. The molecule has 0 spiro atoms. The molecule has 4 rings (SSSR count). The van der Waals surface area contributed by atoms with E-state index in [0.717, 1.165) is 51.5 Å². The summed E-state index contributed by atoms with van der Waals surface area (Å²) < 4.78 is 19.6. The van der Waals surface area contributed by atoms with Gasteiger partial charge in [-0.25, -0.2) is 19.2 Å². The Morgan fingerprint density at radius 3 is 1.41 bits per heavy atom. The number of carbonyl (C=O) groups is 5. The Bertz CT molecular complexity index is 1860. The number of thioether (sulfide) groups is 1. The maximum Gasteiger partial charge on any atom is 0.377 e. The zero-order valence-electron chi connectivity index (χ0n) is 35.5. The molecule has 0 unspecified atom stereocenters. The van der Waals surface area contributed by atoms with E-state index in [4.69, 9.17) is 14.2 Å². The molecule has 0 N–H and O–H groups in total. The van der Waals surface area contributed by atoms with Crippen molar-refractivity contribution >= 4 is 87.0 Å². The van der Waals surface area contributed by atoms with Crippen LogP contribution in [0.2, 0.25) is 0 Å². The lowest BCUT2D eigenvalue weighted by Gasteiger charge is -2.16. The number of nitrogens with zero attached hydrogens (tertiary/aromatic N) is 9. The van der Waals surface area contributed by atoms with Crippen molar-refractivity contribution in [3.8, 4) is 0 Å². The molecule has 4 aromatic rings. The maximum absolute atomic E-state index is 11.5. The molecular weight excluding hydrogens is 863 g/mol. The molecule has 0 aliphatic rings. The third-order valence-electron chi connectivity index (χ3n) is 6.31. The lowest BCUT2D eigenvalue weighted by atomic mass is 9.99. The molecule has 0 saturated carbocycles. The molecule has 59 heavy (non-hydrogen) atoms. The molecule has 0 aromatic carbocycles. The first-order valence-electron chi connectivity index (χ1n) is 18.5. The smallest absolute Gasteiger partial charge is 0.377 e. The molecular formula is C36H55N9O9S5. The quantitative estimate of drug-likeness (QED) is 0.0335. The Balaban J connectivity index is 0.000000396. The number of hydrogen-bond donors (Lipinski definition) is 0. The van der Waals surface area contributed by atoms with Crippen molar-refractivity contribution < 1.29 is 42.9 Å². The van der Waals surface area contributed by atoms with E-state index in [1.165, 1.54) is 46.9 Å². The number of rotatable bonds is 17. The van der Waals surface area contributed by atoms with Gasteiger partial charge in [0.05, 0.1) is 13.2 Å². The Hall–Kier alpha value is -3.90. The lowest BCUT2D eigenvalue weighted by Crippen LogP contribution is -2.18. The Morgan fingerprint density at radius 2 is 1.02 bits per heavy atom. The fourth-order valence-corrected chi connectivity index (χ4v) is 6.29. The van der Waals surface area contributed by atoms with Crippen LogP contribution >= 0.6 is 57.1 Å². The molecule has 23 heteroatoms. The van der Waals surface area contributed by atoms with Crippen molar-refractivity contribution in [3.05, 3.63) is 40.1 Å². The van der Waals surface area contributed by atoms with Gasteiger partial charge in [-0.05, 0) is 78.8 Å². The third-order valence-corrected chi connectivity index (χ3v) is 10.3. The molecule has 0 bridgehead atoms. The molecule has 0 fully saturated rings. The van der Waals surface area contributed by atoms with Crippen LogP contribution in [0.1, 0.15) is 132 Å². The minimum absolute atomic E-state index is 0.0185. The lowest BCUT2D eigenvalue weighted by molar-refractivity contribution is -0.138. The second-order valence-corrected chi connectivity index (χ2v) is 19.5. The van der Waals surface area contributed by atoms with Gasteiger partial charge in [0.2, 0.25) is 20.0 Å². The highest BCUT2D eigenvalue weighted by Crippen LogP contribution is 2.16. The summed E-state index contributed by atoms with van der Waals surface area (Å²) >= 11 is 6.42. The van der Waals surface area contributed by atoms with Crippen LogP contribution in [0, 0.1) is 33.1 Å². The Morgan fingerprint density at radius 1 is 0.593 bits per heavy atom. The molecule has 328 valence electrons. The van der Waals surface area contributed by atoms with Gasteiger partial charge in [0.25, 0.3) is 0 Å². The van der Waals surface area contributed by atoms with Gasteiger partial charge >= 0.3 is 29.8 Å². The summed E-state index contributed by atoms with van der Waals surface area (Å²) in [5, 5.41) is 33.7. The number of unbranched alkanes of at least 4 members (excludes halogenated alkanes) is 3. The van der Waals surface area contributed by atoms with Crippen molar-refractivity contribution in [3.63, 3.8) is 0 Å². The standard InChI is InChI=1S/C12H21N3O2S.C9H14N2O2S.C8H10N2O3S.C7H10N2O2S2/c1-10-13-14-11(18-10)12(16)17-9-7-5-4-6-8-15(2)3;1-6-10-11-7(14-6)8(12)13-5-9(2,3)4;1-3-4-6(11)13-8(12)7-10-9-5(2)14-7;1-3-12-4-11-7(10)6-9-8-5(2)13-6/h4-9H2,1-3H3;5H2,1-4H3;3-4H2,1-2H3;3-4H2,1-2H3. The van der Waals surface area contributed by atoms with E-state index < -0.39 is 11.9 Å². The van der Waals surface area contributed by atoms with Gasteiger partial charge in [-0.3, -0.25) is 4.79 Å². The van der Waals surface area contributed by atoms with E-state index >= 15 is 0 Å². The molecule has 0 aliphatic heterocycles. The summed E-state index contributed by atoms with van der Waals surface area (Å²) in [5.74, 6) is -1.04. The van der Waals surface area contributed by atoms with E-state index in [2.05, 4.69) is 64.5 Å². The fourth-order valence-electron chi connectivity index (χ4n) is 3.61. The van der Waals surface area contributed by atoms with Crippen LogP contribution in [-0.4, -0.2) is 121 Å². The average molecular weight is 918 g/mol. The molecule has 4 heterocycles. The molecule has 0 amide bonds. The normalized spacial score (nSPS) is 10.6. The molecule has 0 radical (unpaired) electrons. The zero-order chi connectivity index (χ0) is 44.4. The predicted molar refractivity (Wildman–Crippen MR) is 229 cm³/mol. The summed E-state index contributed by atoms with van der Waals surface area (Å²) in [6, 6.07) is 0. The summed E-state index contributed by atoms with van der Waals surface area (Å²) in [6.45, 7) is 19.0. The molecule has 0 aliphatic carbocycles. The first kappa shape index (κ1) is 53.1. The predicted octanol–water partition coefficient (Wildman–Crippen LogP) is 7.22. The van der Waals surface area contributed by atoms with Gasteiger partial charge in [-0.1, -0.05) is 92.8 Å². The van der Waals surface area contributed by atoms with E-state index in [1.807, 2.05) is 41.5 Å². The minimum atomic E-state index is -0.714. The fraction of sp³-hybridized carbons (Fsp3) is 0.639. The average Bonchev–Trinajstić information content (AvgIpc) is 4.00. The number of aryl methyl sites for hydroxylation is 4. The van der Waals surface area contributed by atoms with Gasteiger partial charge in [0, 0.05) is 6.42 Å². The SMILES string of the molecule is CCCC(=O)OC(=O)c1nnc(C)s1.CCSCOC(=O)c1nnc(C)s1.Cc1nnc(C(=O)OCC(C)(C)C)s1.Cc1nnc(C(=O)OCCCCCCN(C)C)s1. The second-order valence-electron chi connectivity index (χ2n) is 13.5. The number of esters is 5.